The van der Waals surface area contributed by atoms with Gasteiger partial charge in [0.25, 0.3) is 0 Å². The van der Waals surface area contributed by atoms with Crippen LogP contribution in [0.4, 0.5) is 42.8 Å². The molecule has 1 aromatic carbocycles. The third kappa shape index (κ3) is 4.54. The van der Waals surface area contributed by atoms with Crippen LogP contribution in [-0.4, -0.2) is 41.2 Å². The molecule has 32 heavy (non-hydrogen) atoms. The van der Waals surface area contributed by atoms with Gasteiger partial charge in [0.15, 0.2) is 0 Å². The number of anilines is 2. The van der Waals surface area contributed by atoms with E-state index in [1.807, 2.05) is 5.32 Å². The lowest BCUT2D eigenvalue weighted by molar-refractivity contribution is -0.137. The summed E-state index contributed by atoms with van der Waals surface area (Å²) >= 11 is 0. The number of aromatic nitrogens is 3. The fourth-order valence-corrected chi connectivity index (χ4v) is 3.02. The average molecular weight is 462 g/mol. The standard InChI is InChI=1S/C18H16F6N6O2/c1-32-16(31)29-11-3-2-8-9(6-27-14(8)12(11)18(22,23)24)13-10(17(19,20)21)7-28-15(30-13)26-5-4-25/h2-3,6-7,27H,4-5,25H2,1H3,(H,29,31)(H,26,28,30). The first-order valence-electron chi connectivity index (χ1n) is 8.92. The number of hydrogen-bond donors (Lipinski definition) is 4. The SMILES string of the molecule is COC(=O)Nc1ccc2c(-c3nc(NCCN)ncc3C(F)(F)F)c[nH]c2c1C(F)(F)F. The number of carbonyl (C=O) groups is 1. The highest BCUT2D eigenvalue weighted by molar-refractivity contribution is 6.01. The molecular formula is C18H16F6N6O2. The van der Waals surface area contributed by atoms with Gasteiger partial charge < -0.3 is 20.8 Å². The molecule has 0 aliphatic heterocycles. The molecule has 5 N–H and O–H groups in total. The van der Waals surface area contributed by atoms with E-state index in [0.717, 1.165) is 25.4 Å². The predicted molar refractivity (Wildman–Crippen MR) is 103 cm³/mol. The number of aromatic amines is 1. The third-order valence-electron chi connectivity index (χ3n) is 4.34. The minimum absolute atomic E-state index is 0.151. The molecule has 1 amide bonds. The number of nitrogens with zero attached hydrogens (tertiary/aromatic N) is 2. The Labute approximate surface area is 176 Å². The van der Waals surface area contributed by atoms with Crippen LogP contribution in [0.5, 0.6) is 0 Å². The largest absolute Gasteiger partial charge is 0.453 e. The molecule has 14 heteroatoms. The van der Waals surface area contributed by atoms with Crippen LogP contribution >= 0.6 is 0 Å². The molecule has 0 atom stereocenters. The van der Waals surface area contributed by atoms with Gasteiger partial charge >= 0.3 is 18.4 Å². The van der Waals surface area contributed by atoms with Crippen LogP contribution in [0.2, 0.25) is 0 Å². The number of methoxy groups -OCH3 is 1. The van der Waals surface area contributed by atoms with E-state index in [0.29, 0.717) is 6.20 Å². The lowest BCUT2D eigenvalue weighted by atomic mass is 10.0. The molecule has 0 unspecified atom stereocenters. The Morgan fingerprint density at radius 3 is 2.50 bits per heavy atom. The maximum atomic E-state index is 13.8. The second-order valence-electron chi connectivity index (χ2n) is 6.40. The summed E-state index contributed by atoms with van der Waals surface area (Å²) < 4.78 is 86.4. The van der Waals surface area contributed by atoms with E-state index in [9.17, 15) is 31.1 Å². The van der Waals surface area contributed by atoms with Crippen molar-refractivity contribution in [1.82, 2.24) is 15.0 Å². The number of benzene rings is 1. The van der Waals surface area contributed by atoms with E-state index in [2.05, 4.69) is 25.0 Å². The normalized spacial score (nSPS) is 12.1. The van der Waals surface area contributed by atoms with Crippen molar-refractivity contribution < 1.29 is 35.9 Å². The summed E-state index contributed by atoms with van der Waals surface area (Å²) in [6.45, 7) is 0.317. The van der Waals surface area contributed by atoms with Crippen LogP contribution in [0, 0.1) is 0 Å². The maximum Gasteiger partial charge on any atom is 0.420 e. The van der Waals surface area contributed by atoms with E-state index in [4.69, 9.17) is 5.73 Å². The zero-order valence-corrected chi connectivity index (χ0v) is 16.3. The van der Waals surface area contributed by atoms with Crippen LogP contribution in [0.25, 0.3) is 22.2 Å². The molecule has 3 aromatic rings. The number of rotatable bonds is 5. The number of hydrogen-bond acceptors (Lipinski definition) is 6. The molecule has 0 fully saturated rings. The Hall–Kier alpha value is -3.55. The van der Waals surface area contributed by atoms with Gasteiger partial charge in [-0.25, -0.2) is 14.8 Å². The van der Waals surface area contributed by atoms with Crippen molar-refractivity contribution in [3.63, 3.8) is 0 Å². The summed E-state index contributed by atoms with van der Waals surface area (Å²) in [6, 6.07) is 2.05. The van der Waals surface area contributed by atoms with Crippen LogP contribution in [0.15, 0.2) is 24.5 Å². The number of fused-ring (bicyclic) bond motifs is 1. The van der Waals surface area contributed by atoms with Gasteiger partial charge in [0.2, 0.25) is 5.95 Å². The molecule has 0 saturated carbocycles. The number of ether oxygens (including phenoxy) is 1. The van der Waals surface area contributed by atoms with Gasteiger partial charge in [0, 0.05) is 36.4 Å². The lowest BCUT2D eigenvalue weighted by Gasteiger charge is -2.15. The van der Waals surface area contributed by atoms with Crippen molar-refractivity contribution in [3.8, 4) is 11.3 Å². The fourth-order valence-electron chi connectivity index (χ4n) is 3.02. The fraction of sp³-hybridized carbons (Fsp3) is 0.278. The summed E-state index contributed by atoms with van der Waals surface area (Å²) in [5.41, 5.74) is 0.806. The topological polar surface area (TPSA) is 118 Å². The monoisotopic (exact) mass is 462 g/mol. The third-order valence-corrected chi connectivity index (χ3v) is 4.34. The van der Waals surface area contributed by atoms with Crippen LogP contribution in [0.3, 0.4) is 0 Å². The van der Waals surface area contributed by atoms with E-state index in [1.54, 1.807) is 0 Å². The smallest absolute Gasteiger partial charge is 0.420 e. The average Bonchev–Trinajstić information content (AvgIpc) is 3.13. The summed E-state index contributed by atoms with van der Waals surface area (Å²) in [6.07, 6.45) is -9.45. The Balaban J connectivity index is 2.26. The van der Waals surface area contributed by atoms with Crippen molar-refractivity contribution in [2.24, 2.45) is 5.73 Å². The molecule has 0 radical (unpaired) electrons. The van der Waals surface area contributed by atoms with Crippen molar-refractivity contribution in [2.75, 3.05) is 30.8 Å². The first kappa shape index (κ1) is 23.1. The second kappa shape index (κ2) is 8.53. The first-order chi connectivity index (χ1) is 15.0. The lowest BCUT2D eigenvalue weighted by Crippen LogP contribution is -2.17. The number of alkyl halides is 6. The van der Waals surface area contributed by atoms with Crippen molar-refractivity contribution in [1.29, 1.82) is 0 Å². The number of nitrogens with one attached hydrogen (secondary N) is 3. The summed E-state index contributed by atoms with van der Waals surface area (Å²) in [4.78, 5) is 21.2. The molecule has 2 heterocycles. The first-order valence-corrected chi connectivity index (χ1v) is 8.92. The number of amides is 1. The molecule has 0 bridgehead atoms. The number of H-pyrrole nitrogens is 1. The molecule has 8 nitrogen and oxygen atoms in total. The minimum Gasteiger partial charge on any atom is -0.453 e. The van der Waals surface area contributed by atoms with E-state index in [1.165, 1.54) is 0 Å². The van der Waals surface area contributed by atoms with Crippen molar-refractivity contribution in [2.45, 2.75) is 12.4 Å². The highest BCUT2D eigenvalue weighted by atomic mass is 19.4. The predicted octanol–water partition coefficient (Wildman–Crippen LogP) is 4.21. The zero-order chi connectivity index (χ0) is 23.7. The highest BCUT2D eigenvalue weighted by Crippen LogP contribution is 2.44. The van der Waals surface area contributed by atoms with Gasteiger partial charge in [-0.2, -0.15) is 26.3 Å². The molecule has 0 spiro atoms. The van der Waals surface area contributed by atoms with Gasteiger partial charge in [-0.15, -0.1) is 0 Å². The van der Waals surface area contributed by atoms with E-state index < -0.39 is 46.5 Å². The Bertz CT molecular complexity index is 1140. The molecule has 0 saturated heterocycles. The van der Waals surface area contributed by atoms with E-state index >= 15 is 0 Å². The second-order valence-corrected chi connectivity index (χ2v) is 6.40. The van der Waals surface area contributed by atoms with Crippen LogP contribution in [-0.2, 0) is 17.1 Å². The van der Waals surface area contributed by atoms with Crippen molar-refractivity contribution in [3.05, 3.63) is 35.7 Å². The molecular weight excluding hydrogens is 446 g/mol. The van der Waals surface area contributed by atoms with Crippen molar-refractivity contribution >= 4 is 28.6 Å². The van der Waals surface area contributed by atoms with Gasteiger partial charge in [-0.05, 0) is 6.07 Å². The van der Waals surface area contributed by atoms with Crippen LogP contribution in [0.1, 0.15) is 11.1 Å². The molecule has 2 aromatic heterocycles. The van der Waals surface area contributed by atoms with Gasteiger partial charge in [0.1, 0.15) is 11.1 Å². The van der Waals surface area contributed by atoms with Crippen LogP contribution < -0.4 is 16.4 Å². The summed E-state index contributed by atoms with van der Waals surface area (Å²) in [5, 5.41) is 4.38. The number of halogens is 6. The minimum atomic E-state index is -4.95. The quantitative estimate of drug-likeness (QED) is 0.422. The molecule has 172 valence electrons. The Kier molecular flexibility index (Phi) is 6.16. The Morgan fingerprint density at radius 2 is 1.91 bits per heavy atom. The maximum absolute atomic E-state index is 13.8. The zero-order valence-electron chi connectivity index (χ0n) is 16.3. The summed E-state index contributed by atoms with van der Waals surface area (Å²) in [5.74, 6) is -0.173. The van der Waals surface area contributed by atoms with Gasteiger partial charge in [-0.1, -0.05) is 6.07 Å². The molecule has 0 aliphatic rings. The number of nitrogens with two attached hydrogens (primary N) is 1. The van der Waals surface area contributed by atoms with E-state index in [-0.39, 0.29) is 30.0 Å². The summed E-state index contributed by atoms with van der Waals surface area (Å²) in [7, 11) is 0.970. The number of carbonyl (C=O) groups excluding carboxylic acids is 1. The Morgan fingerprint density at radius 1 is 1.19 bits per heavy atom. The molecule has 3 rings (SSSR count). The van der Waals surface area contributed by atoms with Gasteiger partial charge in [0.05, 0.1) is 24.0 Å². The highest BCUT2D eigenvalue weighted by Gasteiger charge is 2.39. The van der Waals surface area contributed by atoms with Gasteiger partial charge in [-0.3, -0.25) is 5.32 Å². The molecule has 0 aliphatic carbocycles.